The molecule has 2 aliphatic rings. The summed E-state index contributed by atoms with van der Waals surface area (Å²) >= 11 is 6.06. The minimum atomic E-state index is -0.226. The van der Waals surface area contributed by atoms with Gasteiger partial charge < -0.3 is 4.74 Å². The number of hydrogen-bond acceptors (Lipinski definition) is 3. The van der Waals surface area contributed by atoms with Gasteiger partial charge in [0, 0.05) is 22.6 Å². The molecule has 5 rings (SSSR count). The predicted octanol–water partition coefficient (Wildman–Crippen LogP) is 5.89. The third-order valence-corrected chi connectivity index (χ3v) is 5.58. The minimum absolute atomic E-state index is 0.172. The molecule has 134 valence electrons. The van der Waals surface area contributed by atoms with Crippen molar-refractivity contribution in [2.24, 2.45) is 5.10 Å². The largest absolute Gasteiger partial charge is 0.464 e. The highest BCUT2D eigenvalue weighted by molar-refractivity contribution is 6.30. The summed E-state index contributed by atoms with van der Waals surface area (Å²) in [7, 11) is 0. The average molecular weight is 375 g/mol. The number of halogens is 1. The maximum absolute atomic E-state index is 6.41. The summed E-state index contributed by atoms with van der Waals surface area (Å²) < 4.78 is 6.41. The zero-order valence-corrected chi connectivity index (χ0v) is 15.7. The molecule has 4 heteroatoms. The number of benzene rings is 3. The number of ether oxygens (including phenoxy) is 1. The van der Waals surface area contributed by atoms with Crippen LogP contribution in [0.5, 0.6) is 5.75 Å². The van der Waals surface area contributed by atoms with Crippen molar-refractivity contribution in [3.8, 4) is 5.75 Å². The van der Waals surface area contributed by atoms with Crippen LogP contribution in [-0.2, 0) is 0 Å². The normalized spacial score (nSPS) is 20.5. The topological polar surface area (TPSA) is 24.8 Å². The van der Waals surface area contributed by atoms with Crippen molar-refractivity contribution < 1.29 is 4.74 Å². The summed E-state index contributed by atoms with van der Waals surface area (Å²) in [5.41, 5.74) is 5.72. The van der Waals surface area contributed by atoms with E-state index in [0.717, 1.165) is 34.0 Å². The standard InChI is InChI=1S/C23H19ClN2O/c1-15-6-2-3-7-18(15)23-26-21(19-8-4-5-9-22(19)27-23)14-20(25-26)16-10-12-17(24)13-11-16/h2-13,21,23H,14H2,1H3/t21-,23+/m0/s1. The van der Waals surface area contributed by atoms with Crippen molar-refractivity contribution in [3.05, 3.63) is 100 Å². The van der Waals surface area contributed by atoms with Crippen LogP contribution in [0.25, 0.3) is 0 Å². The Balaban J connectivity index is 1.61. The lowest BCUT2D eigenvalue weighted by molar-refractivity contribution is -0.0194. The fourth-order valence-corrected chi connectivity index (χ4v) is 4.05. The first-order chi connectivity index (χ1) is 13.2. The van der Waals surface area contributed by atoms with E-state index in [1.165, 1.54) is 11.1 Å². The van der Waals surface area contributed by atoms with E-state index in [-0.39, 0.29) is 12.3 Å². The van der Waals surface area contributed by atoms with Gasteiger partial charge >= 0.3 is 0 Å². The summed E-state index contributed by atoms with van der Waals surface area (Å²) in [4.78, 5) is 0. The molecule has 0 N–H and O–H groups in total. The van der Waals surface area contributed by atoms with Crippen LogP contribution < -0.4 is 4.74 Å². The molecule has 0 bridgehead atoms. The van der Waals surface area contributed by atoms with Gasteiger partial charge in [-0.3, -0.25) is 0 Å². The van der Waals surface area contributed by atoms with Crippen LogP contribution >= 0.6 is 11.6 Å². The van der Waals surface area contributed by atoms with Crippen molar-refractivity contribution in [2.45, 2.75) is 25.6 Å². The number of rotatable bonds is 2. The van der Waals surface area contributed by atoms with E-state index in [2.05, 4.69) is 54.4 Å². The van der Waals surface area contributed by atoms with Crippen molar-refractivity contribution in [1.29, 1.82) is 0 Å². The SMILES string of the molecule is Cc1ccccc1[C@H]1Oc2ccccc2[C@@H]2CC(c3ccc(Cl)cc3)=NN12. The summed E-state index contributed by atoms with van der Waals surface area (Å²) in [6, 6.07) is 24.7. The van der Waals surface area contributed by atoms with Gasteiger partial charge in [0.05, 0.1) is 11.8 Å². The van der Waals surface area contributed by atoms with Gasteiger partial charge in [-0.2, -0.15) is 5.10 Å². The molecule has 0 aliphatic carbocycles. The van der Waals surface area contributed by atoms with Gasteiger partial charge in [0.15, 0.2) is 0 Å². The molecule has 2 atom stereocenters. The molecule has 3 aromatic carbocycles. The monoisotopic (exact) mass is 374 g/mol. The van der Waals surface area contributed by atoms with Gasteiger partial charge in [-0.25, -0.2) is 5.01 Å². The molecule has 0 fully saturated rings. The van der Waals surface area contributed by atoms with Gasteiger partial charge in [0.2, 0.25) is 6.23 Å². The Bertz CT molecular complexity index is 1030. The lowest BCUT2D eigenvalue weighted by Crippen LogP contribution is -2.34. The van der Waals surface area contributed by atoms with Gasteiger partial charge in [-0.15, -0.1) is 0 Å². The first-order valence-corrected chi connectivity index (χ1v) is 9.51. The first kappa shape index (κ1) is 16.4. The van der Waals surface area contributed by atoms with Gasteiger partial charge in [-0.1, -0.05) is 66.2 Å². The van der Waals surface area contributed by atoms with Crippen molar-refractivity contribution >= 4 is 17.3 Å². The Morgan fingerprint density at radius 1 is 0.926 bits per heavy atom. The van der Waals surface area contributed by atoms with E-state index < -0.39 is 0 Å². The van der Waals surface area contributed by atoms with E-state index in [9.17, 15) is 0 Å². The van der Waals surface area contributed by atoms with E-state index in [4.69, 9.17) is 21.4 Å². The van der Waals surface area contributed by atoms with Crippen LogP contribution in [0.4, 0.5) is 0 Å². The van der Waals surface area contributed by atoms with Gasteiger partial charge in [-0.05, 0) is 36.2 Å². The number of nitrogens with zero attached hydrogens (tertiary/aromatic N) is 2. The molecule has 0 spiro atoms. The van der Waals surface area contributed by atoms with E-state index in [1.807, 2.05) is 30.3 Å². The second kappa shape index (κ2) is 6.43. The zero-order valence-electron chi connectivity index (χ0n) is 15.0. The molecule has 0 saturated carbocycles. The Labute approximate surface area is 163 Å². The summed E-state index contributed by atoms with van der Waals surface area (Å²) in [5.74, 6) is 0.944. The molecular weight excluding hydrogens is 356 g/mol. The molecule has 0 saturated heterocycles. The van der Waals surface area contributed by atoms with Gasteiger partial charge in [0.25, 0.3) is 0 Å². The molecular formula is C23H19ClN2O. The fourth-order valence-electron chi connectivity index (χ4n) is 3.92. The zero-order chi connectivity index (χ0) is 18.4. The quantitative estimate of drug-likeness (QED) is 0.558. The average Bonchev–Trinajstić information content (AvgIpc) is 3.14. The lowest BCUT2D eigenvalue weighted by Gasteiger charge is -2.38. The van der Waals surface area contributed by atoms with Crippen LogP contribution in [0.3, 0.4) is 0 Å². The minimum Gasteiger partial charge on any atom is -0.464 e. The molecule has 27 heavy (non-hydrogen) atoms. The molecule has 0 unspecified atom stereocenters. The third kappa shape index (κ3) is 2.79. The molecule has 2 heterocycles. The van der Waals surface area contributed by atoms with Crippen LogP contribution in [0.2, 0.25) is 5.02 Å². The number of hydrogen-bond donors (Lipinski definition) is 0. The maximum atomic E-state index is 6.41. The van der Waals surface area contributed by atoms with Crippen LogP contribution in [-0.4, -0.2) is 10.7 Å². The van der Waals surface area contributed by atoms with Crippen molar-refractivity contribution in [3.63, 3.8) is 0 Å². The highest BCUT2D eigenvalue weighted by Crippen LogP contribution is 2.47. The third-order valence-electron chi connectivity index (χ3n) is 5.33. The van der Waals surface area contributed by atoms with E-state index in [1.54, 1.807) is 0 Å². The number of aryl methyl sites for hydroxylation is 1. The Morgan fingerprint density at radius 2 is 1.63 bits per heavy atom. The van der Waals surface area contributed by atoms with Crippen LogP contribution in [0, 0.1) is 6.92 Å². The smallest absolute Gasteiger partial charge is 0.214 e. The highest BCUT2D eigenvalue weighted by atomic mass is 35.5. The molecule has 3 aromatic rings. The molecule has 2 aliphatic heterocycles. The van der Waals surface area contributed by atoms with E-state index in [0.29, 0.717) is 0 Å². The summed E-state index contributed by atoms with van der Waals surface area (Å²) in [6.45, 7) is 2.12. The molecule has 0 aromatic heterocycles. The second-order valence-electron chi connectivity index (χ2n) is 7.02. The Kier molecular flexibility index (Phi) is 3.91. The van der Waals surface area contributed by atoms with Crippen LogP contribution in [0.15, 0.2) is 77.9 Å². The second-order valence-corrected chi connectivity index (χ2v) is 7.45. The predicted molar refractivity (Wildman–Crippen MR) is 108 cm³/mol. The maximum Gasteiger partial charge on any atom is 0.214 e. The Hall–Kier alpha value is -2.78. The van der Waals surface area contributed by atoms with Crippen molar-refractivity contribution in [1.82, 2.24) is 5.01 Å². The number of hydrazone groups is 1. The molecule has 0 radical (unpaired) electrons. The van der Waals surface area contributed by atoms with Crippen LogP contribution in [0.1, 0.15) is 40.9 Å². The number of fused-ring (bicyclic) bond motifs is 3. The van der Waals surface area contributed by atoms with Crippen molar-refractivity contribution in [2.75, 3.05) is 0 Å². The van der Waals surface area contributed by atoms with Gasteiger partial charge in [0.1, 0.15) is 5.75 Å². The number of para-hydroxylation sites is 1. The summed E-state index contributed by atoms with van der Waals surface area (Å²) in [6.07, 6.45) is 0.626. The Morgan fingerprint density at radius 3 is 2.41 bits per heavy atom. The fraction of sp³-hybridized carbons (Fsp3) is 0.174. The first-order valence-electron chi connectivity index (χ1n) is 9.13. The highest BCUT2D eigenvalue weighted by Gasteiger charge is 2.41. The molecule has 0 amide bonds. The summed E-state index contributed by atoms with van der Waals surface area (Å²) in [5, 5.41) is 7.85. The lowest BCUT2D eigenvalue weighted by atomic mass is 9.95. The molecule has 3 nitrogen and oxygen atoms in total. The van der Waals surface area contributed by atoms with E-state index >= 15 is 0 Å².